The quantitative estimate of drug-likeness (QED) is 0.816. The van der Waals surface area contributed by atoms with Gasteiger partial charge >= 0.3 is 0 Å². The van der Waals surface area contributed by atoms with Crippen molar-refractivity contribution in [1.82, 2.24) is 4.90 Å². The molecule has 1 rings (SSSR count). The van der Waals surface area contributed by atoms with E-state index in [0.29, 0.717) is 11.4 Å². The van der Waals surface area contributed by atoms with E-state index in [9.17, 15) is 4.79 Å². The number of hydrogen-bond acceptors (Lipinski definition) is 3. The number of carbonyl (C=O) groups is 1. The minimum Gasteiger partial charge on any atom is -0.484 e. The van der Waals surface area contributed by atoms with Gasteiger partial charge in [-0.25, -0.2) is 0 Å². The monoisotopic (exact) mass is 250 g/mol. The third-order valence-corrected chi connectivity index (χ3v) is 2.62. The van der Waals surface area contributed by atoms with E-state index in [1.165, 1.54) is 0 Å². The average molecular weight is 250 g/mol. The molecule has 1 aromatic rings. The van der Waals surface area contributed by atoms with Crippen molar-refractivity contribution in [2.75, 3.05) is 12.3 Å². The summed E-state index contributed by atoms with van der Waals surface area (Å²) in [6.45, 7) is 8.04. The third kappa shape index (κ3) is 3.95. The lowest BCUT2D eigenvalue weighted by molar-refractivity contribution is -0.136. The van der Waals surface area contributed by atoms with Gasteiger partial charge in [-0.3, -0.25) is 4.79 Å². The minimum atomic E-state index is -0.0116. The summed E-state index contributed by atoms with van der Waals surface area (Å²) in [6, 6.07) is 7.42. The molecule has 0 saturated heterocycles. The van der Waals surface area contributed by atoms with Crippen LogP contribution in [0.2, 0.25) is 0 Å². The van der Waals surface area contributed by atoms with Gasteiger partial charge in [-0.2, -0.15) is 0 Å². The highest BCUT2D eigenvalue weighted by molar-refractivity contribution is 5.78. The average Bonchev–Trinajstić information content (AvgIpc) is 2.25. The van der Waals surface area contributed by atoms with Gasteiger partial charge in [-0.1, -0.05) is 6.07 Å². The lowest BCUT2D eigenvalue weighted by Crippen LogP contribution is -2.44. The molecule has 4 nitrogen and oxygen atoms in total. The fourth-order valence-electron chi connectivity index (χ4n) is 2.00. The molecule has 1 aromatic carbocycles. The number of rotatable bonds is 5. The van der Waals surface area contributed by atoms with Gasteiger partial charge < -0.3 is 15.4 Å². The smallest absolute Gasteiger partial charge is 0.260 e. The molecule has 0 radical (unpaired) electrons. The summed E-state index contributed by atoms with van der Waals surface area (Å²) in [6.07, 6.45) is 0. The molecule has 0 fully saturated rings. The first-order chi connectivity index (χ1) is 8.41. The van der Waals surface area contributed by atoms with Crippen molar-refractivity contribution in [3.05, 3.63) is 24.3 Å². The minimum absolute atomic E-state index is 0.0116. The number of nitrogen functional groups attached to an aromatic ring is 1. The Balaban J connectivity index is 2.60. The predicted octanol–water partition coefficient (Wildman–Crippen LogP) is 2.29. The number of ether oxygens (including phenoxy) is 1. The van der Waals surface area contributed by atoms with Crippen LogP contribution in [0.4, 0.5) is 5.69 Å². The summed E-state index contributed by atoms with van der Waals surface area (Å²) in [5.74, 6) is 0.609. The molecule has 100 valence electrons. The zero-order valence-corrected chi connectivity index (χ0v) is 11.5. The standard InChI is InChI=1S/C14H22N2O2/c1-10(2)16(11(3)4)14(17)9-18-13-7-5-6-12(15)8-13/h5-8,10-11H,9,15H2,1-4H3. The number of amides is 1. The second-order valence-corrected chi connectivity index (χ2v) is 4.85. The molecule has 0 saturated carbocycles. The van der Waals surface area contributed by atoms with Crippen LogP contribution < -0.4 is 10.5 Å². The summed E-state index contributed by atoms with van der Waals surface area (Å²) in [5.41, 5.74) is 6.28. The summed E-state index contributed by atoms with van der Waals surface area (Å²) in [5, 5.41) is 0. The lowest BCUT2D eigenvalue weighted by atomic mass is 10.2. The lowest BCUT2D eigenvalue weighted by Gasteiger charge is -2.30. The molecule has 0 aromatic heterocycles. The Morgan fingerprint density at radius 2 is 1.89 bits per heavy atom. The van der Waals surface area contributed by atoms with Gasteiger partial charge in [0.15, 0.2) is 6.61 Å². The van der Waals surface area contributed by atoms with Gasteiger partial charge in [0.1, 0.15) is 5.75 Å². The van der Waals surface area contributed by atoms with E-state index >= 15 is 0 Å². The Morgan fingerprint density at radius 1 is 1.28 bits per heavy atom. The molecule has 0 aliphatic heterocycles. The largest absolute Gasteiger partial charge is 0.484 e. The molecule has 0 unspecified atom stereocenters. The zero-order valence-electron chi connectivity index (χ0n) is 11.5. The molecule has 0 heterocycles. The van der Waals surface area contributed by atoms with E-state index in [0.717, 1.165) is 0 Å². The van der Waals surface area contributed by atoms with Gasteiger partial charge in [0.25, 0.3) is 5.91 Å². The molecule has 18 heavy (non-hydrogen) atoms. The molecular weight excluding hydrogens is 228 g/mol. The van der Waals surface area contributed by atoms with Gasteiger partial charge in [0.2, 0.25) is 0 Å². The van der Waals surface area contributed by atoms with Crippen LogP contribution in [-0.4, -0.2) is 29.5 Å². The SMILES string of the molecule is CC(C)N(C(=O)COc1cccc(N)c1)C(C)C. The molecule has 0 aliphatic rings. The van der Waals surface area contributed by atoms with Crippen molar-refractivity contribution >= 4 is 11.6 Å². The van der Waals surface area contributed by atoms with Crippen molar-refractivity contribution in [2.45, 2.75) is 39.8 Å². The van der Waals surface area contributed by atoms with Crippen molar-refractivity contribution in [1.29, 1.82) is 0 Å². The molecule has 0 atom stereocenters. The maximum Gasteiger partial charge on any atom is 0.260 e. The van der Waals surface area contributed by atoms with Crippen LogP contribution >= 0.6 is 0 Å². The molecule has 0 bridgehead atoms. The second kappa shape index (κ2) is 6.28. The molecule has 0 spiro atoms. The fourth-order valence-corrected chi connectivity index (χ4v) is 2.00. The first-order valence-electron chi connectivity index (χ1n) is 6.21. The van der Waals surface area contributed by atoms with Gasteiger partial charge in [-0.15, -0.1) is 0 Å². The number of benzene rings is 1. The fraction of sp³-hybridized carbons (Fsp3) is 0.500. The highest BCUT2D eigenvalue weighted by atomic mass is 16.5. The van der Waals surface area contributed by atoms with Crippen molar-refractivity contribution in [2.24, 2.45) is 0 Å². The van der Waals surface area contributed by atoms with Gasteiger partial charge in [0, 0.05) is 23.8 Å². The third-order valence-electron chi connectivity index (χ3n) is 2.62. The number of anilines is 1. The zero-order chi connectivity index (χ0) is 13.7. The van der Waals surface area contributed by atoms with E-state index in [-0.39, 0.29) is 24.6 Å². The first-order valence-corrected chi connectivity index (χ1v) is 6.21. The molecular formula is C14H22N2O2. The van der Waals surface area contributed by atoms with Crippen LogP contribution in [0.25, 0.3) is 0 Å². The van der Waals surface area contributed by atoms with E-state index in [1.54, 1.807) is 24.3 Å². The van der Waals surface area contributed by atoms with E-state index < -0.39 is 0 Å². The van der Waals surface area contributed by atoms with Crippen LogP contribution in [0.1, 0.15) is 27.7 Å². The highest BCUT2D eigenvalue weighted by Gasteiger charge is 2.20. The highest BCUT2D eigenvalue weighted by Crippen LogP contribution is 2.15. The topological polar surface area (TPSA) is 55.6 Å². The van der Waals surface area contributed by atoms with Crippen LogP contribution in [0, 0.1) is 0 Å². The number of nitrogens with zero attached hydrogens (tertiary/aromatic N) is 1. The number of nitrogens with two attached hydrogens (primary N) is 1. The maximum absolute atomic E-state index is 12.1. The van der Waals surface area contributed by atoms with Crippen LogP contribution in [0.5, 0.6) is 5.75 Å². The van der Waals surface area contributed by atoms with E-state index in [2.05, 4.69) is 0 Å². The normalized spacial score (nSPS) is 10.8. The summed E-state index contributed by atoms with van der Waals surface area (Å²) >= 11 is 0. The summed E-state index contributed by atoms with van der Waals surface area (Å²) in [4.78, 5) is 13.9. The molecule has 4 heteroatoms. The van der Waals surface area contributed by atoms with Gasteiger partial charge in [-0.05, 0) is 39.8 Å². The summed E-state index contributed by atoms with van der Waals surface area (Å²) < 4.78 is 5.46. The Hall–Kier alpha value is -1.71. The van der Waals surface area contributed by atoms with Crippen LogP contribution in [-0.2, 0) is 4.79 Å². The van der Waals surface area contributed by atoms with E-state index in [4.69, 9.17) is 10.5 Å². The molecule has 2 N–H and O–H groups in total. The first kappa shape index (κ1) is 14.4. The maximum atomic E-state index is 12.1. The van der Waals surface area contributed by atoms with Gasteiger partial charge in [0.05, 0.1) is 0 Å². The molecule has 0 aliphatic carbocycles. The Bertz CT molecular complexity index is 395. The predicted molar refractivity (Wildman–Crippen MR) is 73.5 cm³/mol. The van der Waals surface area contributed by atoms with Crippen LogP contribution in [0.3, 0.4) is 0 Å². The van der Waals surface area contributed by atoms with Crippen LogP contribution in [0.15, 0.2) is 24.3 Å². The Morgan fingerprint density at radius 3 is 2.39 bits per heavy atom. The Labute approximate surface area is 109 Å². The second-order valence-electron chi connectivity index (χ2n) is 4.85. The van der Waals surface area contributed by atoms with Crippen molar-refractivity contribution in [3.8, 4) is 5.75 Å². The Kier molecular flexibility index (Phi) is 5.01. The van der Waals surface area contributed by atoms with E-state index in [1.807, 2.05) is 32.6 Å². The number of hydrogen-bond donors (Lipinski definition) is 1. The van der Waals surface area contributed by atoms with Crippen molar-refractivity contribution < 1.29 is 9.53 Å². The number of carbonyl (C=O) groups excluding carboxylic acids is 1. The summed E-state index contributed by atoms with van der Waals surface area (Å²) in [7, 11) is 0. The van der Waals surface area contributed by atoms with Crippen molar-refractivity contribution in [3.63, 3.8) is 0 Å². The molecule has 1 amide bonds.